The van der Waals surface area contributed by atoms with E-state index in [0.29, 0.717) is 22.5 Å². The number of hydrogen-bond acceptors (Lipinski definition) is 5. The van der Waals surface area contributed by atoms with Crippen molar-refractivity contribution in [1.82, 2.24) is 9.88 Å². The lowest BCUT2D eigenvalue weighted by Gasteiger charge is -2.30. The van der Waals surface area contributed by atoms with Gasteiger partial charge in [0.1, 0.15) is 12.4 Å². The number of pyridine rings is 1. The largest absolute Gasteiger partial charge is 0.489 e. The highest BCUT2D eigenvalue weighted by molar-refractivity contribution is 8.18. The molecule has 160 valence electrons. The quantitative estimate of drug-likeness (QED) is 0.421. The summed E-state index contributed by atoms with van der Waals surface area (Å²) in [4.78, 5) is 25.3. The molecule has 1 aliphatic carbocycles. The molecule has 2 aliphatic rings. The Bertz CT molecular complexity index is 1020. The predicted octanol–water partition coefficient (Wildman–Crippen LogP) is 5.89. The molecule has 0 unspecified atom stereocenters. The van der Waals surface area contributed by atoms with Crippen LogP contribution in [0, 0.1) is 6.92 Å². The molecule has 1 aromatic heterocycles. The zero-order chi connectivity index (χ0) is 21.6. The average Bonchev–Trinajstić information content (AvgIpc) is 3.08. The van der Waals surface area contributed by atoms with Crippen molar-refractivity contribution in [3.8, 4) is 5.75 Å². The maximum atomic E-state index is 13.5. The van der Waals surface area contributed by atoms with E-state index in [-0.39, 0.29) is 11.9 Å². The summed E-state index contributed by atoms with van der Waals surface area (Å²) >= 11 is 1.42. The number of aryl methyl sites for hydroxylation is 1. The number of amides is 1. The Morgan fingerprint density at radius 2 is 2.00 bits per heavy atom. The molecule has 1 saturated carbocycles. The van der Waals surface area contributed by atoms with Crippen LogP contribution in [0.3, 0.4) is 0 Å². The first-order valence-corrected chi connectivity index (χ1v) is 11.6. The molecular formula is C25H27N3O2S. The molecule has 1 amide bonds. The van der Waals surface area contributed by atoms with E-state index in [9.17, 15) is 4.79 Å². The van der Waals surface area contributed by atoms with Crippen molar-refractivity contribution in [3.63, 3.8) is 0 Å². The first-order valence-electron chi connectivity index (χ1n) is 10.7. The van der Waals surface area contributed by atoms with Crippen molar-refractivity contribution in [2.75, 3.05) is 6.61 Å². The van der Waals surface area contributed by atoms with Crippen molar-refractivity contribution >= 4 is 34.7 Å². The van der Waals surface area contributed by atoms with Crippen LogP contribution < -0.4 is 4.74 Å². The van der Waals surface area contributed by atoms with Gasteiger partial charge in [-0.2, -0.15) is 0 Å². The minimum atomic E-state index is 0.0156. The van der Waals surface area contributed by atoms with Crippen molar-refractivity contribution in [2.24, 2.45) is 4.99 Å². The predicted molar refractivity (Wildman–Crippen MR) is 127 cm³/mol. The van der Waals surface area contributed by atoms with E-state index in [1.54, 1.807) is 6.08 Å². The van der Waals surface area contributed by atoms with E-state index >= 15 is 0 Å². The standard InChI is InChI=1S/C25H27N3O2S/c1-3-16-30-21-14-8-7-11-19(21)17-22-24(29)28(20-12-5-4-6-13-20)25(31-22)27-23-15-9-10-18(2)26-23/h3,7-11,14-15,17,20H,1,4-6,12-13,16H2,2H3/b22-17-,27-25+. The van der Waals surface area contributed by atoms with Gasteiger partial charge in [0.15, 0.2) is 11.0 Å². The van der Waals surface area contributed by atoms with Gasteiger partial charge in [0.2, 0.25) is 0 Å². The Morgan fingerprint density at radius 3 is 2.77 bits per heavy atom. The summed E-state index contributed by atoms with van der Waals surface area (Å²) in [7, 11) is 0. The van der Waals surface area contributed by atoms with Crippen molar-refractivity contribution in [3.05, 3.63) is 71.3 Å². The lowest BCUT2D eigenvalue weighted by molar-refractivity contribution is -0.124. The number of carbonyl (C=O) groups excluding carboxylic acids is 1. The van der Waals surface area contributed by atoms with E-state index in [1.165, 1.54) is 18.2 Å². The highest BCUT2D eigenvalue weighted by Crippen LogP contribution is 2.39. The zero-order valence-corrected chi connectivity index (χ0v) is 18.6. The van der Waals surface area contributed by atoms with Gasteiger partial charge in [-0.3, -0.25) is 9.69 Å². The molecule has 1 aromatic carbocycles. The number of ether oxygens (including phenoxy) is 1. The second-order valence-corrected chi connectivity index (χ2v) is 8.76. The molecule has 5 nitrogen and oxygen atoms in total. The van der Waals surface area contributed by atoms with Gasteiger partial charge >= 0.3 is 0 Å². The van der Waals surface area contributed by atoms with Gasteiger partial charge in [0.05, 0.1) is 4.91 Å². The first-order chi connectivity index (χ1) is 15.2. The van der Waals surface area contributed by atoms with Crippen LogP contribution in [0.4, 0.5) is 5.82 Å². The van der Waals surface area contributed by atoms with Gasteiger partial charge in [-0.1, -0.05) is 56.2 Å². The monoisotopic (exact) mass is 433 g/mol. The Balaban J connectivity index is 1.70. The van der Waals surface area contributed by atoms with Gasteiger partial charge < -0.3 is 4.74 Å². The summed E-state index contributed by atoms with van der Waals surface area (Å²) < 4.78 is 5.77. The Labute approximate surface area is 187 Å². The molecule has 2 aromatic rings. The second kappa shape index (κ2) is 9.96. The van der Waals surface area contributed by atoms with Crippen molar-refractivity contribution in [1.29, 1.82) is 0 Å². The number of benzene rings is 1. The van der Waals surface area contributed by atoms with E-state index in [4.69, 9.17) is 9.73 Å². The summed E-state index contributed by atoms with van der Waals surface area (Å²) in [6, 6.07) is 13.7. The Kier molecular flexibility index (Phi) is 6.87. The van der Waals surface area contributed by atoms with Crippen molar-refractivity contribution < 1.29 is 9.53 Å². The Hall–Kier alpha value is -2.86. The van der Waals surface area contributed by atoms with Crippen LogP contribution in [0.5, 0.6) is 5.75 Å². The molecule has 31 heavy (non-hydrogen) atoms. The minimum absolute atomic E-state index is 0.0156. The van der Waals surface area contributed by atoms with E-state index < -0.39 is 0 Å². The Morgan fingerprint density at radius 1 is 1.19 bits per heavy atom. The molecule has 1 aliphatic heterocycles. The van der Waals surface area contributed by atoms with Crippen molar-refractivity contribution in [2.45, 2.75) is 45.1 Å². The van der Waals surface area contributed by atoms with Gasteiger partial charge in [-0.25, -0.2) is 9.98 Å². The van der Waals surface area contributed by atoms with Gasteiger partial charge in [0, 0.05) is 17.3 Å². The number of rotatable bonds is 6. The topological polar surface area (TPSA) is 54.8 Å². The van der Waals surface area contributed by atoms with Crippen LogP contribution in [-0.2, 0) is 4.79 Å². The third kappa shape index (κ3) is 5.07. The number of aromatic nitrogens is 1. The maximum absolute atomic E-state index is 13.5. The molecule has 2 heterocycles. The summed E-state index contributed by atoms with van der Waals surface area (Å²) in [6.45, 7) is 6.07. The molecule has 2 fully saturated rings. The number of amidine groups is 1. The lowest BCUT2D eigenvalue weighted by Crippen LogP contribution is -2.40. The molecule has 1 saturated heterocycles. The summed E-state index contributed by atoms with van der Waals surface area (Å²) in [5, 5.41) is 0.714. The number of carbonyl (C=O) groups is 1. The van der Waals surface area contributed by atoms with Crippen LogP contribution >= 0.6 is 11.8 Å². The second-order valence-electron chi connectivity index (χ2n) is 7.75. The average molecular weight is 434 g/mol. The third-order valence-electron chi connectivity index (χ3n) is 5.42. The number of nitrogens with zero attached hydrogens (tertiary/aromatic N) is 3. The van der Waals surface area contributed by atoms with Crippen LogP contribution in [0.2, 0.25) is 0 Å². The number of thioether (sulfide) groups is 1. The molecule has 0 atom stereocenters. The maximum Gasteiger partial charge on any atom is 0.267 e. The molecule has 4 rings (SSSR count). The van der Waals surface area contributed by atoms with Crippen LogP contribution in [0.15, 0.2) is 65.0 Å². The molecular weight excluding hydrogens is 406 g/mol. The van der Waals surface area contributed by atoms with Gasteiger partial charge in [-0.05, 0) is 55.8 Å². The summed E-state index contributed by atoms with van der Waals surface area (Å²) in [5.74, 6) is 1.38. The summed E-state index contributed by atoms with van der Waals surface area (Å²) in [5.41, 5.74) is 1.78. The minimum Gasteiger partial charge on any atom is -0.489 e. The van der Waals surface area contributed by atoms with E-state index in [0.717, 1.165) is 42.7 Å². The fourth-order valence-electron chi connectivity index (χ4n) is 3.94. The third-order valence-corrected chi connectivity index (χ3v) is 6.41. The van der Waals surface area contributed by atoms with Crippen LogP contribution in [0.25, 0.3) is 6.08 Å². The number of para-hydroxylation sites is 1. The molecule has 0 radical (unpaired) electrons. The fraction of sp³-hybridized carbons (Fsp3) is 0.320. The summed E-state index contributed by atoms with van der Waals surface area (Å²) in [6.07, 6.45) is 9.17. The lowest BCUT2D eigenvalue weighted by atomic mass is 9.94. The number of aliphatic imine (C=N–C) groups is 1. The highest BCUT2D eigenvalue weighted by Gasteiger charge is 2.38. The molecule has 0 N–H and O–H groups in total. The SMILES string of the molecule is C=CCOc1ccccc1/C=C1\S/C(=N/c2cccc(C)n2)N(C2CCCCC2)C1=O. The smallest absolute Gasteiger partial charge is 0.267 e. The molecule has 0 spiro atoms. The normalized spacial score (nSPS) is 19.9. The number of hydrogen-bond donors (Lipinski definition) is 0. The molecule has 0 bridgehead atoms. The van der Waals surface area contributed by atoms with E-state index in [2.05, 4.69) is 11.6 Å². The first kappa shape index (κ1) is 21.4. The van der Waals surface area contributed by atoms with Gasteiger partial charge in [-0.15, -0.1) is 0 Å². The molecule has 6 heteroatoms. The fourth-order valence-corrected chi connectivity index (χ4v) is 4.97. The van der Waals surface area contributed by atoms with Crippen LogP contribution in [-0.4, -0.2) is 33.6 Å². The van der Waals surface area contributed by atoms with Gasteiger partial charge in [0.25, 0.3) is 5.91 Å². The van der Waals surface area contributed by atoms with E-state index in [1.807, 2.05) is 60.4 Å². The zero-order valence-electron chi connectivity index (χ0n) is 17.8. The highest BCUT2D eigenvalue weighted by atomic mass is 32.2. The van der Waals surface area contributed by atoms with Crippen LogP contribution in [0.1, 0.15) is 43.4 Å².